The van der Waals surface area contributed by atoms with Crippen LogP contribution in [-0.4, -0.2) is 27.3 Å². The van der Waals surface area contributed by atoms with Crippen LogP contribution in [0.5, 0.6) is 0 Å². The van der Waals surface area contributed by atoms with Gasteiger partial charge in [-0.2, -0.15) is 0 Å². The molecule has 0 atom stereocenters. The molecule has 136 valence electrons. The number of hydrogen-bond acceptors (Lipinski definition) is 4. The second-order valence-electron chi connectivity index (χ2n) is 5.64. The molecule has 0 saturated carbocycles. The fourth-order valence-electron chi connectivity index (χ4n) is 2.60. The number of aromatic nitrogens is 2. The topological polar surface area (TPSA) is 66.1 Å². The van der Waals surface area contributed by atoms with Gasteiger partial charge in [-0.05, 0) is 30.7 Å². The average molecular weight is 431 g/mol. The Labute approximate surface area is 168 Å². The number of aromatic amines is 1. The first-order chi connectivity index (χ1) is 12.4. The Morgan fingerprint density at radius 3 is 2.69 bits per heavy atom. The summed E-state index contributed by atoms with van der Waals surface area (Å²) in [4.78, 5) is 33.8. The fraction of sp³-hybridized carbons (Fsp3) is 0.235. The predicted octanol–water partition coefficient (Wildman–Crippen LogP) is 5.00. The molecule has 0 saturated heterocycles. The maximum atomic E-state index is 12.8. The van der Waals surface area contributed by atoms with Crippen LogP contribution >= 0.6 is 46.1 Å². The molecule has 0 unspecified atom stereocenters. The van der Waals surface area contributed by atoms with Gasteiger partial charge in [-0.25, -0.2) is 4.98 Å². The van der Waals surface area contributed by atoms with Crippen molar-refractivity contribution in [2.45, 2.75) is 19.9 Å². The SMILES string of the molecule is CCCN(Cc1nc2cc(Cl)ccc2c(=O)[nH]1)C(=O)c1cc(Cl)sc1Cl. The number of rotatable bonds is 5. The third kappa shape index (κ3) is 4.04. The maximum Gasteiger partial charge on any atom is 0.258 e. The molecule has 26 heavy (non-hydrogen) atoms. The van der Waals surface area contributed by atoms with Crippen molar-refractivity contribution in [3.8, 4) is 0 Å². The lowest BCUT2D eigenvalue weighted by atomic mass is 10.2. The van der Waals surface area contributed by atoms with Gasteiger partial charge in [0.2, 0.25) is 0 Å². The monoisotopic (exact) mass is 429 g/mol. The van der Waals surface area contributed by atoms with Gasteiger partial charge in [0.15, 0.2) is 0 Å². The number of thiophene rings is 1. The summed E-state index contributed by atoms with van der Waals surface area (Å²) in [5.74, 6) is 0.123. The smallest absolute Gasteiger partial charge is 0.258 e. The zero-order chi connectivity index (χ0) is 18.8. The molecule has 0 radical (unpaired) electrons. The molecule has 3 aromatic rings. The van der Waals surface area contributed by atoms with Crippen molar-refractivity contribution >= 4 is 62.9 Å². The fourth-order valence-corrected chi connectivity index (χ4v) is 4.21. The van der Waals surface area contributed by atoms with Crippen molar-refractivity contribution in [2.75, 3.05) is 6.54 Å². The highest BCUT2D eigenvalue weighted by Crippen LogP contribution is 2.32. The Bertz CT molecular complexity index is 1030. The highest BCUT2D eigenvalue weighted by atomic mass is 35.5. The molecule has 1 N–H and O–H groups in total. The van der Waals surface area contributed by atoms with Gasteiger partial charge < -0.3 is 9.88 Å². The third-order valence-corrected chi connectivity index (χ3v) is 5.45. The Kier molecular flexibility index (Phi) is 5.87. The van der Waals surface area contributed by atoms with E-state index in [0.717, 1.165) is 17.8 Å². The van der Waals surface area contributed by atoms with Crippen LogP contribution in [0.4, 0.5) is 0 Å². The zero-order valence-electron chi connectivity index (χ0n) is 13.7. The number of nitrogens with zero attached hydrogens (tertiary/aromatic N) is 2. The number of amides is 1. The summed E-state index contributed by atoms with van der Waals surface area (Å²) in [6.45, 7) is 2.59. The molecular formula is C17H14Cl3N3O2S. The molecule has 3 rings (SSSR count). The summed E-state index contributed by atoms with van der Waals surface area (Å²) >= 11 is 19.2. The van der Waals surface area contributed by atoms with Crippen molar-refractivity contribution in [3.05, 3.63) is 59.7 Å². The van der Waals surface area contributed by atoms with Crippen LogP contribution in [0, 0.1) is 0 Å². The number of halogens is 3. The van der Waals surface area contributed by atoms with Gasteiger partial charge in [0.1, 0.15) is 10.2 Å². The van der Waals surface area contributed by atoms with Crippen molar-refractivity contribution < 1.29 is 4.79 Å². The lowest BCUT2D eigenvalue weighted by Gasteiger charge is -2.21. The minimum absolute atomic E-state index is 0.147. The molecule has 9 heteroatoms. The largest absolute Gasteiger partial charge is 0.331 e. The minimum Gasteiger partial charge on any atom is -0.331 e. The lowest BCUT2D eigenvalue weighted by molar-refractivity contribution is 0.0739. The molecule has 1 aromatic carbocycles. The number of carbonyl (C=O) groups excluding carboxylic acids is 1. The van der Waals surface area contributed by atoms with Crippen molar-refractivity contribution in [1.29, 1.82) is 0 Å². The third-order valence-electron chi connectivity index (χ3n) is 3.73. The number of benzene rings is 1. The van der Waals surface area contributed by atoms with E-state index in [1.54, 1.807) is 29.2 Å². The molecule has 0 aliphatic heterocycles. The summed E-state index contributed by atoms with van der Waals surface area (Å²) in [5, 5.41) is 0.932. The van der Waals surface area contributed by atoms with E-state index in [4.69, 9.17) is 34.8 Å². The number of H-pyrrole nitrogens is 1. The van der Waals surface area contributed by atoms with E-state index in [1.165, 1.54) is 0 Å². The molecule has 2 aromatic heterocycles. The highest BCUT2D eigenvalue weighted by molar-refractivity contribution is 7.20. The van der Waals surface area contributed by atoms with Crippen LogP contribution in [-0.2, 0) is 6.54 Å². The second-order valence-corrected chi connectivity index (χ2v) is 8.36. The van der Waals surface area contributed by atoms with Crippen LogP contribution < -0.4 is 5.56 Å². The van der Waals surface area contributed by atoms with Crippen molar-refractivity contribution in [1.82, 2.24) is 14.9 Å². The maximum absolute atomic E-state index is 12.8. The standard InChI is InChI=1S/C17H14Cl3N3O2S/c1-2-5-23(17(25)11-7-13(19)26-15(11)20)8-14-21-12-6-9(18)3-4-10(12)16(24)22-14/h3-4,6-7H,2,5,8H2,1H3,(H,21,22,24). The minimum atomic E-state index is -0.276. The van der Waals surface area contributed by atoms with Crippen LogP contribution in [0.15, 0.2) is 29.1 Å². The molecule has 0 aliphatic carbocycles. The first-order valence-electron chi connectivity index (χ1n) is 7.81. The van der Waals surface area contributed by atoms with Gasteiger partial charge in [-0.1, -0.05) is 41.7 Å². The molecule has 0 aliphatic rings. The van der Waals surface area contributed by atoms with Crippen molar-refractivity contribution in [3.63, 3.8) is 0 Å². The van der Waals surface area contributed by atoms with E-state index in [9.17, 15) is 9.59 Å². The van der Waals surface area contributed by atoms with E-state index in [2.05, 4.69) is 9.97 Å². The Morgan fingerprint density at radius 2 is 2.04 bits per heavy atom. The number of carbonyl (C=O) groups is 1. The molecule has 0 spiro atoms. The molecule has 0 fully saturated rings. The molecule has 5 nitrogen and oxygen atoms in total. The Morgan fingerprint density at radius 1 is 1.27 bits per heavy atom. The molecular weight excluding hydrogens is 417 g/mol. The normalized spacial score (nSPS) is 11.1. The van der Waals surface area contributed by atoms with E-state index in [0.29, 0.717) is 42.5 Å². The average Bonchev–Trinajstić information content (AvgIpc) is 2.91. The highest BCUT2D eigenvalue weighted by Gasteiger charge is 2.21. The van der Waals surface area contributed by atoms with E-state index in [-0.39, 0.29) is 18.0 Å². The van der Waals surface area contributed by atoms with E-state index >= 15 is 0 Å². The van der Waals surface area contributed by atoms with E-state index < -0.39 is 0 Å². The molecule has 1 amide bonds. The van der Waals surface area contributed by atoms with Crippen LogP contribution in [0.25, 0.3) is 10.9 Å². The molecule has 0 bridgehead atoms. The van der Waals surface area contributed by atoms with Crippen LogP contribution in [0.3, 0.4) is 0 Å². The Hall–Kier alpha value is -1.60. The van der Waals surface area contributed by atoms with E-state index in [1.807, 2.05) is 6.92 Å². The quantitative estimate of drug-likeness (QED) is 0.619. The second kappa shape index (κ2) is 7.96. The first-order valence-corrected chi connectivity index (χ1v) is 9.76. The lowest BCUT2D eigenvalue weighted by Crippen LogP contribution is -2.32. The first kappa shape index (κ1) is 19.2. The summed E-state index contributed by atoms with van der Waals surface area (Å²) in [7, 11) is 0. The van der Waals surface area contributed by atoms with Crippen LogP contribution in [0.2, 0.25) is 13.7 Å². The zero-order valence-corrected chi connectivity index (χ0v) is 16.8. The van der Waals surface area contributed by atoms with Gasteiger partial charge in [-0.3, -0.25) is 9.59 Å². The van der Waals surface area contributed by atoms with Crippen LogP contribution in [0.1, 0.15) is 29.5 Å². The predicted molar refractivity (Wildman–Crippen MR) is 107 cm³/mol. The van der Waals surface area contributed by atoms with Crippen molar-refractivity contribution in [2.24, 2.45) is 0 Å². The Balaban J connectivity index is 1.95. The molecule has 2 heterocycles. The summed E-state index contributed by atoms with van der Waals surface area (Å²) < 4.78 is 0.787. The number of fused-ring (bicyclic) bond motifs is 1. The summed E-state index contributed by atoms with van der Waals surface area (Å²) in [5.41, 5.74) is 0.556. The van der Waals surface area contributed by atoms with Gasteiger partial charge >= 0.3 is 0 Å². The number of nitrogens with one attached hydrogen (secondary N) is 1. The van der Waals surface area contributed by atoms with Gasteiger partial charge in [-0.15, -0.1) is 11.3 Å². The summed E-state index contributed by atoms with van der Waals surface area (Å²) in [6.07, 6.45) is 0.741. The summed E-state index contributed by atoms with van der Waals surface area (Å²) in [6, 6.07) is 6.43. The van der Waals surface area contributed by atoms with Gasteiger partial charge in [0.25, 0.3) is 11.5 Å². The number of hydrogen-bond donors (Lipinski definition) is 1. The van der Waals surface area contributed by atoms with Gasteiger partial charge in [0.05, 0.1) is 27.3 Å². The van der Waals surface area contributed by atoms with Gasteiger partial charge in [0, 0.05) is 11.6 Å².